The summed E-state index contributed by atoms with van der Waals surface area (Å²) in [5, 5.41) is 3.05. The molecular weight excluding hydrogens is 380 g/mol. The van der Waals surface area contributed by atoms with Gasteiger partial charge in [-0.1, -0.05) is 18.2 Å². The molecule has 0 amide bonds. The molecule has 0 aliphatic heterocycles. The Morgan fingerprint density at radius 2 is 1.76 bits per heavy atom. The molecule has 21 heavy (non-hydrogen) atoms. The van der Waals surface area contributed by atoms with E-state index in [1.165, 1.54) is 23.3 Å². The van der Waals surface area contributed by atoms with E-state index >= 15 is 0 Å². The van der Waals surface area contributed by atoms with Crippen LogP contribution in [0.3, 0.4) is 0 Å². The van der Waals surface area contributed by atoms with Gasteiger partial charge in [-0.15, -0.1) is 24.0 Å². The lowest BCUT2D eigenvalue weighted by Gasteiger charge is -2.08. The maximum absolute atomic E-state index is 12.8. The van der Waals surface area contributed by atoms with E-state index in [2.05, 4.69) is 17.2 Å². The Morgan fingerprint density at radius 3 is 2.38 bits per heavy atom. The highest BCUT2D eigenvalue weighted by molar-refractivity contribution is 14.0. The van der Waals surface area contributed by atoms with Gasteiger partial charge in [0.2, 0.25) is 0 Å². The number of nitrogens with two attached hydrogens (primary N) is 1. The van der Waals surface area contributed by atoms with Gasteiger partial charge in [0, 0.05) is 5.69 Å². The Kier molecular flexibility index (Phi) is 6.61. The first-order valence-corrected chi connectivity index (χ1v) is 6.43. The lowest BCUT2D eigenvalue weighted by Crippen LogP contribution is -2.22. The van der Waals surface area contributed by atoms with Crippen molar-refractivity contribution in [3.8, 4) is 0 Å². The van der Waals surface area contributed by atoms with Gasteiger partial charge in [-0.2, -0.15) is 0 Å². The molecule has 0 fully saturated rings. The first-order valence-electron chi connectivity index (χ1n) is 6.43. The molecule has 0 unspecified atom stereocenters. The van der Waals surface area contributed by atoms with Crippen LogP contribution in [0.2, 0.25) is 0 Å². The Balaban J connectivity index is 0.00000220. The molecular formula is C16H19FIN3. The van der Waals surface area contributed by atoms with Crippen molar-refractivity contribution in [1.82, 2.24) is 0 Å². The molecule has 2 aromatic carbocycles. The number of nitrogens with one attached hydrogen (secondary N) is 1. The van der Waals surface area contributed by atoms with Gasteiger partial charge in [0.1, 0.15) is 5.82 Å². The van der Waals surface area contributed by atoms with Crippen LogP contribution in [0.15, 0.2) is 47.5 Å². The van der Waals surface area contributed by atoms with Gasteiger partial charge in [-0.25, -0.2) is 9.38 Å². The van der Waals surface area contributed by atoms with Gasteiger partial charge in [0.15, 0.2) is 5.96 Å². The van der Waals surface area contributed by atoms with E-state index in [1.807, 2.05) is 25.1 Å². The quantitative estimate of drug-likeness (QED) is 0.466. The van der Waals surface area contributed by atoms with E-state index in [0.717, 1.165) is 11.3 Å². The zero-order valence-electron chi connectivity index (χ0n) is 12.1. The monoisotopic (exact) mass is 399 g/mol. The predicted octanol–water partition coefficient (Wildman–Crippen LogP) is 3.99. The summed E-state index contributed by atoms with van der Waals surface area (Å²) >= 11 is 0. The minimum Gasteiger partial charge on any atom is -0.370 e. The number of anilines is 1. The maximum atomic E-state index is 12.8. The smallest absolute Gasteiger partial charge is 0.193 e. The third-order valence-corrected chi connectivity index (χ3v) is 3.12. The van der Waals surface area contributed by atoms with Crippen LogP contribution in [-0.4, -0.2) is 5.96 Å². The van der Waals surface area contributed by atoms with Crippen molar-refractivity contribution in [3.05, 3.63) is 65.0 Å². The van der Waals surface area contributed by atoms with Gasteiger partial charge in [0.25, 0.3) is 0 Å². The fourth-order valence-corrected chi connectivity index (χ4v) is 1.77. The second-order valence-corrected chi connectivity index (χ2v) is 4.75. The van der Waals surface area contributed by atoms with Gasteiger partial charge >= 0.3 is 0 Å². The zero-order chi connectivity index (χ0) is 14.5. The molecule has 2 aromatic rings. The van der Waals surface area contributed by atoms with E-state index in [1.54, 1.807) is 12.1 Å². The minimum absolute atomic E-state index is 0. The number of rotatable bonds is 3. The Bertz CT molecular complexity index is 624. The molecule has 5 heteroatoms. The van der Waals surface area contributed by atoms with Gasteiger partial charge < -0.3 is 11.1 Å². The van der Waals surface area contributed by atoms with Crippen LogP contribution in [0, 0.1) is 19.7 Å². The average Bonchev–Trinajstić information content (AvgIpc) is 2.42. The van der Waals surface area contributed by atoms with Crippen molar-refractivity contribution in [2.45, 2.75) is 20.4 Å². The number of hydrogen-bond acceptors (Lipinski definition) is 1. The summed E-state index contributed by atoms with van der Waals surface area (Å²) in [4.78, 5) is 4.23. The van der Waals surface area contributed by atoms with Crippen LogP contribution >= 0.6 is 24.0 Å². The fraction of sp³-hybridized carbons (Fsp3) is 0.188. The lowest BCUT2D eigenvalue weighted by atomic mass is 10.1. The van der Waals surface area contributed by atoms with Gasteiger partial charge in [0.05, 0.1) is 6.54 Å². The van der Waals surface area contributed by atoms with Crippen molar-refractivity contribution >= 4 is 35.6 Å². The number of hydrogen-bond donors (Lipinski definition) is 2. The molecule has 0 heterocycles. The summed E-state index contributed by atoms with van der Waals surface area (Å²) in [7, 11) is 0. The minimum atomic E-state index is -0.251. The van der Waals surface area contributed by atoms with Crippen LogP contribution in [-0.2, 0) is 6.54 Å². The molecule has 0 aromatic heterocycles. The predicted molar refractivity (Wildman–Crippen MR) is 96.7 cm³/mol. The SMILES string of the molecule is Cc1ccc(NC(N)=NCc2ccc(F)cc2)cc1C.I. The standard InChI is InChI=1S/C16H18FN3.HI/c1-11-3-8-15(9-12(11)2)20-16(18)19-10-13-4-6-14(17)7-5-13;/h3-9H,10H2,1-2H3,(H3,18,19,20);1H. The number of aryl methyl sites for hydroxylation is 2. The highest BCUT2D eigenvalue weighted by Gasteiger charge is 1.98. The van der Waals surface area contributed by atoms with E-state index < -0.39 is 0 Å². The van der Waals surface area contributed by atoms with Crippen molar-refractivity contribution in [3.63, 3.8) is 0 Å². The molecule has 2 rings (SSSR count). The molecule has 0 radical (unpaired) electrons. The van der Waals surface area contributed by atoms with Crippen molar-refractivity contribution < 1.29 is 4.39 Å². The normalized spacial score (nSPS) is 10.9. The molecule has 0 saturated carbocycles. The third-order valence-electron chi connectivity index (χ3n) is 3.12. The molecule has 112 valence electrons. The Hall–Kier alpha value is -1.63. The fourth-order valence-electron chi connectivity index (χ4n) is 1.77. The number of guanidine groups is 1. The van der Waals surface area contributed by atoms with Crippen LogP contribution in [0.5, 0.6) is 0 Å². The van der Waals surface area contributed by atoms with Gasteiger partial charge in [-0.3, -0.25) is 0 Å². The second kappa shape index (κ2) is 7.97. The lowest BCUT2D eigenvalue weighted by molar-refractivity contribution is 0.627. The summed E-state index contributed by atoms with van der Waals surface area (Å²) in [6.07, 6.45) is 0. The van der Waals surface area contributed by atoms with Crippen LogP contribution in [0.1, 0.15) is 16.7 Å². The number of nitrogens with zero attached hydrogens (tertiary/aromatic N) is 1. The van der Waals surface area contributed by atoms with Crippen LogP contribution < -0.4 is 11.1 Å². The molecule has 0 aliphatic rings. The molecule has 0 saturated heterocycles. The molecule has 0 atom stereocenters. The molecule has 0 aliphatic carbocycles. The largest absolute Gasteiger partial charge is 0.370 e. The number of halogens is 2. The maximum Gasteiger partial charge on any atom is 0.193 e. The van der Waals surface area contributed by atoms with E-state index in [4.69, 9.17) is 5.73 Å². The van der Waals surface area contributed by atoms with E-state index in [0.29, 0.717) is 12.5 Å². The molecule has 0 spiro atoms. The molecule has 3 N–H and O–H groups in total. The zero-order valence-corrected chi connectivity index (χ0v) is 14.4. The van der Waals surface area contributed by atoms with E-state index in [9.17, 15) is 4.39 Å². The number of benzene rings is 2. The number of aliphatic imine (C=N–C) groups is 1. The average molecular weight is 399 g/mol. The summed E-state index contributed by atoms with van der Waals surface area (Å²) in [5.74, 6) is 0.0940. The van der Waals surface area contributed by atoms with E-state index in [-0.39, 0.29) is 29.8 Å². The van der Waals surface area contributed by atoms with Crippen molar-refractivity contribution in [1.29, 1.82) is 0 Å². The highest BCUT2D eigenvalue weighted by atomic mass is 127. The van der Waals surface area contributed by atoms with Crippen LogP contribution in [0.4, 0.5) is 10.1 Å². The highest BCUT2D eigenvalue weighted by Crippen LogP contribution is 2.13. The Morgan fingerprint density at radius 1 is 1.10 bits per heavy atom. The first-order chi connectivity index (χ1) is 9.54. The molecule has 3 nitrogen and oxygen atoms in total. The second-order valence-electron chi connectivity index (χ2n) is 4.75. The first kappa shape index (κ1) is 17.4. The van der Waals surface area contributed by atoms with Crippen LogP contribution in [0.25, 0.3) is 0 Å². The summed E-state index contributed by atoms with van der Waals surface area (Å²) < 4.78 is 12.8. The third kappa shape index (κ3) is 5.34. The molecule has 0 bridgehead atoms. The summed E-state index contributed by atoms with van der Waals surface area (Å²) in [6, 6.07) is 12.2. The van der Waals surface area contributed by atoms with Crippen molar-refractivity contribution in [2.24, 2.45) is 10.7 Å². The Labute approximate surface area is 141 Å². The summed E-state index contributed by atoms with van der Waals surface area (Å²) in [5.41, 5.74) is 10.1. The summed E-state index contributed by atoms with van der Waals surface area (Å²) in [6.45, 7) is 4.53. The topological polar surface area (TPSA) is 50.4 Å². The van der Waals surface area contributed by atoms with Gasteiger partial charge in [-0.05, 0) is 54.8 Å². The van der Waals surface area contributed by atoms with Crippen molar-refractivity contribution in [2.75, 3.05) is 5.32 Å².